The van der Waals surface area contributed by atoms with E-state index in [1.807, 2.05) is 0 Å². The van der Waals surface area contributed by atoms with E-state index in [1.165, 1.54) is 0 Å². The molecule has 2 rings (SSSR count). The number of nitrogens with zero attached hydrogens (tertiary/aromatic N) is 3. The zero-order valence-electron chi connectivity index (χ0n) is 8.71. The summed E-state index contributed by atoms with van der Waals surface area (Å²) in [6.45, 7) is 1.67. The second-order valence-corrected chi connectivity index (χ2v) is 3.36. The first-order valence-electron chi connectivity index (χ1n) is 4.80. The van der Waals surface area contributed by atoms with Gasteiger partial charge in [-0.1, -0.05) is 0 Å². The Hall–Kier alpha value is -2.24. The summed E-state index contributed by atoms with van der Waals surface area (Å²) in [5.74, 6) is 0.125. The Bertz CT molecular complexity index is 527. The second kappa shape index (κ2) is 4.09. The molecule has 0 aliphatic heterocycles. The topological polar surface area (TPSA) is 93.8 Å². The van der Waals surface area contributed by atoms with Gasteiger partial charge in [0.15, 0.2) is 5.65 Å². The number of hydrogen-bond acceptors (Lipinski definition) is 5. The molecule has 3 N–H and O–H groups in total. The van der Waals surface area contributed by atoms with Gasteiger partial charge < -0.3 is 11.1 Å². The second-order valence-electron chi connectivity index (χ2n) is 3.36. The van der Waals surface area contributed by atoms with Crippen LogP contribution in [0.2, 0.25) is 0 Å². The molecular weight excluding hydrogens is 206 g/mol. The lowest BCUT2D eigenvalue weighted by Gasteiger charge is -2.10. The molecule has 1 atom stereocenters. The van der Waals surface area contributed by atoms with Gasteiger partial charge in [0.25, 0.3) is 0 Å². The van der Waals surface area contributed by atoms with Crippen molar-refractivity contribution in [3.05, 3.63) is 24.5 Å². The van der Waals surface area contributed by atoms with Crippen LogP contribution in [0.5, 0.6) is 0 Å². The first kappa shape index (κ1) is 10.3. The van der Waals surface area contributed by atoms with Crippen molar-refractivity contribution >= 4 is 22.9 Å². The molecule has 82 valence electrons. The normalized spacial score (nSPS) is 12.3. The number of nitrogens with two attached hydrogens (primary N) is 1. The number of nitrogens with one attached hydrogen (secondary N) is 1. The summed E-state index contributed by atoms with van der Waals surface area (Å²) in [5, 5.41) is 2.88. The number of hydrogen-bond donors (Lipinski definition) is 2. The minimum atomic E-state index is -0.471. The van der Waals surface area contributed by atoms with Crippen LogP contribution < -0.4 is 11.1 Å². The summed E-state index contributed by atoms with van der Waals surface area (Å²) < 4.78 is 0. The number of fused-ring (bicyclic) bond motifs is 1. The van der Waals surface area contributed by atoms with Gasteiger partial charge in [-0.05, 0) is 19.1 Å². The molecule has 0 saturated carbocycles. The van der Waals surface area contributed by atoms with Crippen molar-refractivity contribution in [1.29, 1.82) is 0 Å². The van der Waals surface area contributed by atoms with Gasteiger partial charge >= 0.3 is 0 Å². The van der Waals surface area contributed by atoms with E-state index in [1.54, 1.807) is 31.5 Å². The Balaban J connectivity index is 2.29. The van der Waals surface area contributed by atoms with Crippen LogP contribution in [0.25, 0.3) is 11.2 Å². The van der Waals surface area contributed by atoms with Crippen LogP contribution in [0.4, 0.5) is 5.82 Å². The van der Waals surface area contributed by atoms with Gasteiger partial charge in [0.1, 0.15) is 17.4 Å². The summed E-state index contributed by atoms with van der Waals surface area (Å²) in [6.07, 6.45) is 3.17. The summed E-state index contributed by atoms with van der Waals surface area (Å²) in [7, 11) is 0. The monoisotopic (exact) mass is 217 g/mol. The Labute approximate surface area is 91.9 Å². The van der Waals surface area contributed by atoms with E-state index >= 15 is 0 Å². The maximum Gasteiger partial charge on any atom is 0.239 e. The number of aromatic nitrogens is 3. The van der Waals surface area contributed by atoms with E-state index in [0.717, 1.165) is 0 Å². The Kier molecular flexibility index (Phi) is 2.63. The lowest BCUT2D eigenvalue weighted by molar-refractivity contribution is -0.118. The van der Waals surface area contributed by atoms with Gasteiger partial charge in [-0.3, -0.25) is 9.78 Å². The number of anilines is 1. The highest BCUT2D eigenvalue weighted by atomic mass is 16.1. The van der Waals surface area contributed by atoms with Crippen molar-refractivity contribution in [2.24, 2.45) is 5.73 Å². The molecular formula is C10H11N5O. The molecule has 0 saturated heterocycles. The molecule has 16 heavy (non-hydrogen) atoms. The van der Waals surface area contributed by atoms with Gasteiger partial charge in [0, 0.05) is 12.4 Å². The number of carbonyl (C=O) groups excluding carboxylic acids is 1. The third-order valence-electron chi connectivity index (χ3n) is 2.12. The van der Waals surface area contributed by atoms with Gasteiger partial charge in [-0.25, -0.2) is 9.97 Å². The highest BCUT2D eigenvalue weighted by molar-refractivity contribution is 5.82. The molecule has 2 aromatic rings. The van der Waals surface area contributed by atoms with Crippen molar-refractivity contribution < 1.29 is 4.79 Å². The molecule has 0 aliphatic carbocycles. The Morgan fingerprint density at radius 2 is 2.12 bits per heavy atom. The molecule has 2 heterocycles. The van der Waals surface area contributed by atoms with Crippen molar-refractivity contribution in [3.8, 4) is 0 Å². The fourth-order valence-electron chi connectivity index (χ4n) is 1.23. The summed E-state index contributed by atoms with van der Waals surface area (Å²) in [5.41, 5.74) is 6.38. The van der Waals surface area contributed by atoms with Crippen LogP contribution in [0.15, 0.2) is 24.5 Å². The number of primary amides is 1. The van der Waals surface area contributed by atoms with Crippen LogP contribution in [0.1, 0.15) is 6.92 Å². The average molecular weight is 217 g/mol. The quantitative estimate of drug-likeness (QED) is 0.771. The lowest BCUT2D eigenvalue weighted by atomic mass is 10.3. The predicted octanol–water partition coefficient (Wildman–Crippen LogP) is 0.310. The molecule has 2 aromatic heterocycles. The van der Waals surface area contributed by atoms with E-state index in [-0.39, 0.29) is 0 Å². The third-order valence-corrected chi connectivity index (χ3v) is 2.12. The van der Waals surface area contributed by atoms with Gasteiger partial charge in [-0.15, -0.1) is 0 Å². The molecule has 0 aromatic carbocycles. The number of pyridine rings is 1. The molecule has 0 spiro atoms. The molecule has 6 heteroatoms. The smallest absolute Gasteiger partial charge is 0.239 e. The van der Waals surface area contributed by atoms with Crippen molar-refractivity contribution in [1.82, 2.24) is 15.0 Å². The first-order valence-corrected chi connectivity index (χ1v) is 4.80. The Morgan fingerprint density at radius 3 is 2.88 bits per heavy atom. The van der Waals surface area contributed by atoms with Crippen LogP contribution in [-0.2, 0) is 4.79 Å². The van der Waals surface area contributed by atoms with Crippen LogP contribution in [0, 0.1) is 0 Å². The SMILES string of the molecule is CC(Nc1ccc2nccnc2n1)C(N)=O. The molecule has 6 nitrogen and oxygen atoms in total. The van der Waals surface area contributed by atoms with Crippen molar-refractivity contribution in [3.63, 3.8) is 0 Å². The van der Waals surface area contributed by atoms with Gasteiger partial charge in [0.05, 0.1) is 0 Å². The van der Waals surface area contributed by atoms with E-state index in [0.29, 0.717) is 17.0 Å². The minimum absolute atomic E-state index is 0.430. The largest absolute Gasteiger partial charge is 0.368 e. The molecule has 0 radical (unpaired) electrons. The molecule has 1 amide bonds. The standard InChI is InChI=1S/C10H11N5O/c1-6(9(11)16)14-8-3-2-7-10(15-8)13-5-4-12-7/h2-6H,1H3,(H2,11,16)(H,13,14,15). The maximum absolute atomic E-state index is 10.9. The Morgan fingerprint density at radius 1 is 1.38 bits per heavy atom. The lowest BCUT2D eigenvalue weighted by Crippen LogP contribution is -2.32. The highest BCUT2D eigenvalue weighted by Crippen LogP contribution is 2.10. The maximum atomic E-state index is 10.9. The summed E-state index contributed by atoms with van der Waals surface area (Å²) in [4.78, 5) is 23.2. The third kappa shape index (κ3) is 2.05. The van der Waals surface area contributed by atoms with Crippen LogP contribution >= 0.6 is 0 Å². The predicted molar refractivity (Wildman–Crippen MR) is 59.6 cm³/mol. The van der Waals surface area contributed by atoms with E-state index in [4.69, 9.17) is 5.73 Å². The van der Waals surface area contributed by atoms with Crippen LogP contribution in [-0.4, -0.2) is 26.9 Å². The summed E-state index contributed by atoms with van der Waals surface area (Å²) in [6, 6.07) is 3.04. The van der Waals surface area contributed by atoms with Gasteiger partial charge in [0.2, 0.25) is 5.91 Å². The fraction of sp³-hybridized carbons (Fsp3) is 0.200. The summed E-state index contributed by atoms with van der Waals surface area (Å²) >= 11 is 0. The average Bonchev–Trinajstić information content (AvgIpc) is 2.28. The highest BCUT2D eigenvalue weighted by Gasteiger charge is 2.09. The molecule has 0 bridgehead atoms. The fourth-order valence-corrected chi connectivity index (χ4v) is 1.23. The zero-order chi connectivity index (χ0) is 11.5. The van der Waals surface area contributed by atoms with Crippen molar-refractivity contribution in [2.45, 2.75) is 13.0 Å². The molecule has 1 unspecified atom stereocenters. The number of carbonyl (C=O) groups is 1. The van der Waals surface area contributed by atoms with Gasteiger partial charge in [-0.2, -0.15) is 0 Å². The minimum Gasteiger partial charge on any atom is -0.368 e. The number of amides is 1. The molecule has 0 aliphatic rings. The van der Waals surface area contributed by atoms with E-state index < -0.39 is 11.9 Å². The van der Waals surface area contributed by atoms with Crippen LogP contribution in [0.3, 0.4) is 0 Å². The first-order chi connectivity index (χ1) is 7.66. The van der Waals surface area contributed by atoms with E-state index in [2.05, 4.69) is 20.3 Å². The number of rotatable bonds is 3. The van der Waals surface area contributed by atoms with Crippen molar-refractivity contribution in [2.75, 3.05) is 5.32 Å². The van der Waals surface area contributed by atoms with E-state index in [9.17, 15) is 4.79 Å². The zero-order valence-corrected chi connectivity index (χ0v) is 8.71. The molecule has 0 fully saturated rings.